The van der Waals surface area contributed by atoms with Crippen LogP contribution in [0.25, 0.3) is 0 Å². The summed E-state index contributed by atoms with van der Waals surface area (Å²) in [6.07, 6.45) is 0.103. The van der Waals surface area contributed by atoms with Crippen molar-refractivity contribution in [1.82, 2.24) is 5.16 Å². The minimum Gasteiger partial charge on any atom is -0.491 e. The monoisotopic (exact) mass is 274 g/mol. The number of aromatic nitrogens is 1. The maximum atomic E-state index is 12.1. The van der Waals surface area contributed by atoms with Gasteiger partial charge in [-0.3, -0.25) is 4.79 Å². The average molecular weight is 274 g/mol. The Bertz CT molecular complexity index is 617. The van der Waals surface area contributed by atoms with E-state index in [0.29, 0.717) is 17.1 Å². The van der Waals surface area contributed by atoms with Crippen LogP contribution in [0.2, 0.25) is 0 Å². The maximum absolute atomic E-state index is 12.1. The third kappa shape index (κ3) is 3.38. The molecule has 5 heteroatoms. The Morgan fingerprint density at radius 1 is 1.30 bits per heavy atom. The van der Waals surface area contributed by atoms with E-state index in [1.54, 1.807) is 31.2 Å². The summed E-state index contributed by atoms with van der Waals surface area (Å²) in [6.45, 7) is 7.61. The Labute approximate surface area is 117 Å². The zero-order chi connectivity index (χ0) is 14.7. The van der Waals surface area contributed by atoms with Crippen molar-refractivity contribution in [1.29, 1.82) is 0 Å². The first-order chi connectivity index (χ1) is 9.45. The van der Waals surface area contributed by atoms with Crippen LogP contribution in [0.15, 0.2) is 28.8 Å². The summed E-state index contributed by atoms with van der Waals surface area (Å²) >= 11 is 0. The van der Waals surface area contributed by atoms with Gasteiger partial charge in [-0.15, -0.1) is 0 Å². The Kier molecular flexibility index (Phi) is 4.08. The molecular weight excluding hydrogens is 256 g/mol. The fourth-order valence-corrected chi connectivity index (χ4v) is 1.79. The van der Waals surface area contributed by atoms with Gasteiger partial charge in [0.05, 0.1) is 6.10 Å². The van der Waals surface area contributed by atoms with Crippen molar-refractivity contribution in [2.24, 2.45) is 0 Å². The fourth-order valence-electron chi connectivity index (χ4n) is 1.79. The Morgan fingerprint density at radius 2 is 2.05 bits per heavy atom. The van der Waals surface area contributed by atoms with Crippen molar-refractivity contribution in [3.63, 3.8) is 0 Å². The molecular formula is C15H18N2O3. The SMILES string of the molecule is Cc1cc(NC(=O)c2ccc(OC(C)C)c(C)c2)no1. The lowest BCUT2D eigenvalue weighted by molar-refractivity contribution is 0.102. The van der Waals surface area contributed by atoms with Gasteiger partial charge in [0, 0.05) is 11.6 Å². The van der Waals surface area contributed by atoms with Crippen molar-refractivity contribution in [3.05, 3.63) is 41.2 Å². The van der Waals surface area contributed by atoms with Crippen molar-refractivity contribution in [3.8, 4) is 5.75 Å². The number of rotatable bonds is 4. The zero-order valence-electron chi connectivity index (χ0n) is 12.1. The second-order valence-electron chi connectivity index (χ2n) is 4.92. The summed E-state index contributed by atoms with van der Waals surface area (Å²) in [7, 11) is 0. The molecule has 5 nitrogen and oxygen atoms in total. The fraction of sp³-hybridized carbons (Fsp3) is 0.333. The highest BCUT2D eigenvalue weighted by Gasteiger charge is 2.11. The molecule has 1 aromatic heterocycles. The highest BCUT2D eigenvalue weighted by atomic mass is 16.5. The molecule has 0 aliphatic carbocycles. The second-order valence-corrected chi connectivity index (χ2v) is 4.92. The van der Waals surface area contributed by atoms with Gasteiger partial charge in [-0.1, -0.05) is 5.16 Å². The van der Waals surface area contributed by atoms with Crippen LogP contribution in [-0.2, 0) is 0 Å². The van der Waals surface area contributed by atoms with Crippen molar-refractivity contribution in [2.45, 2.75) is 33.8 Å². The molecule has 0 radical (unpaired) electrons. The van der Waals surface area contributed by atoms with Crippen LogP contribution in [0.5, 0.6) is 5.75 Å². The Balaban J connectivity index is 2.12. The van der Waals surface area contributed by atoms with E-state index in [0.717, 1.165) is 11.3 Å². The van der Waals surface area contributed by atoms with Gasteiger partial charge in [-0.05, 0) is 51.5 Å². The summed E-state index contributed by atoms with van der Waals surface area (Å²) in [5, 5.41) is 6.41. The van der Waals surface area contributed by atoms with Crippen molar-refractivity contribution >= 4 is 11.7 Å². The van der Waals surface area contributed by atoms with Crippen LogP contribution in [0.4, 0.5) is 5.82 Å². The molecule has 0 aliphatic rings. The molecule has 0 bridgehead atoms. The maximum Gasteiger partial charge on any atom is 0.256 e. The third-order valence-electron chi connectivity index (χ3n) is 2.67. The highest BCUT2D eigenvalue weighted by molar-refractivity contribution is 6.03. The van der Waals surface area contributed by atoms with Gasteiger partial charge in [0.15, 0.2) is 5.82 Å². The van der Waals surface area contributed by atoms with E-state index in [9.17, 15) is 4.79 Å². The summed E-state index contributed by atoms with van der Waals surface area (Å²) in [6, 6.07) is 6.99. The third-order valence-corrected chi connectivity index (χ3v) is 2.67. The summed E-state index contributed by atoms with van der Waals surface area (Å²) in [5.74, 6) is 1.62. The Hall–Kier alpha value is -2.30. The van der Waals surface area contributed by atoms with Crippen LogP contribution >= 0.6 is 0 Å². The lowest BCUT2D eigenvalue weighted by Crippen LogP contribution is -2.13. The number of nitrogens with zero attached hydrogens (tertiary/aromatic N) is 1. The molecule has 1 N–H and O–H groups in total. The predicted octanol–water partition coefficient (Wildman–Crippen LogP) is 3.33. The summed E-state index contributed by atoms with van der Waals surface area (Å²) in [5.41, 5.74) is 1.47. The van der Waals surface area contributed by atoms with Gasteiger partial charge in [-0.25, -0.2) is 0 Å². The quantitative estimate of drug-likeness (QED) is 0.928. The van der Waals surface area contributed by atoms with Crippen LogP contribution in [0.1, 0.15) is 35.5 Å². The number of nitrogens with one attached hydrogen (secondary N) is 1. The standard InChI is InChI=1S/C15H18N2O3/c1-9(2)19-13-6-5-12(7-10(13)3)15(18)16-14-8-11(4)20-17-14/h5-9H,1-4H3,(H,16,17,18). The van der Waals surface area contributed by atoms with Crippen LogP contribution in [0.3, 0.4) is 0 Å². The first-order valence-corrected chi connectivity index (χ1v) is 6.47. The van der Waals surface area contributed by atoms with E-state index in [4.69, 9.17) is 9.26 Å². The number of anilines is 1. The Morgan fingerprint density at radius 3 is 2.60 bits per heavy atom. The number of ether oxygens (including phenoxy) is 1. The zero-order valence-corrected chi connectivity index (χ0v) is 12.1. The van der Waals surface area contributed by atoms with E-state index >= 15 is 0 Å². The smallest absolute Gasteiger partial charge is 0.256 e. The van der Waals surface area contributed by atoms with Gasteiger partial charge in [0.1, 0.15) is 11.5 Å². The highest BCUT2D eigenvalue weighted by Crippen LogP contribution is 2.21. The van der Waals surface area contributed by atoms with Gasteiger partial charge in [0.25, 0.3) is 5.91 Å². The number of carbonyl (C=O) groups is 1. The molecule has 1 amide bonds. The van der Waals surface area contributed by atoms with E-state index < -0.39 is 0 Å². The van der Waals surface area contributed by atoms with Crippen LogP contribution in [0, 0.1) is 13.8 Å². The first-order valence-electron chi connectivity index (χ1n) is 6.47. The molecule has 2 aromatic rings. The molecule has 0 atom stereocenters. The molecule has 0 fully saturated rings. The minimum atomic E-state index is -0.225. The van der Waals surface area contributed by atoms with Gasteiger partial charge in [0.2, 0.25) is 0 Å². The predicted molar refractivity (Wildman–Crippen MR) is 76.1 cm³/mol. The van der Waals surface area contributed by atoms with Crippen molar-refractivity contribution < 1.29 is 14.1 Å². The van der Waals surface area contributed by atoms with Gasteiger partial charge >= 0.3 is 0 Å². The normalized spacial score (nSPS) is 10.7. The summed E-state index contributed by atoms with van der Waals surface area (Å²) < 4.78 is 10.5. The lowest BCUT2D eigenvalue weighted by Gasteiger charge is -2.13. The number of carbonyl (C=O) groups excluding carboxylic acids is 1. The van der Waals surface area contributed by atoms with Crippen molar-refractivity contribution in [2.75, 3.05) is 5.32 Å². The molecule has 1 heterocycles. The molecule has 0 aliphatic heterocycles. The van der Waals surface area contributed by atoms with Crippen LogP contribution < -0.4 is 10.1 Å². The molecule has 20 heavy (non-hydrogen) atoms. The van der Waals surface area contributed by atoms with E-state index in [1.807, 2.05) is 20.8 Å². The van der Waals surface area contributed by atoms with Gasteiger partial charge in [-0.2, -0.15) is 0 Å². The number of hydrogen-bond acceptors (Lipinski definition) is 4. The lowest BCUT2D eigenvalue weighted by atomic mass is 10.1. The second kappa shape index (κ2) is 5.77. The van der Waals surface area contributed by atoms with E-state index in [2.05, 4.69) is 10.5 Å². The summed E-state index contributed by atoms with van der Waals surface area (Å²) in [4.78, 5) is 12.1. The average Bonchev–Trinajstić information content (AvgIpc) is 2.76. The first kappa shape index (κ1) is 14.1. The minimum absolute atomic E-state index is 0.103. The largest absolute Gasteiger partial charge is 0.491 e. The molecule has 1 aromatic carbocycles. The number of benzene rings is 1. The number of aryl methyl sites for hydroxylation is 2. The van der Waals surface area contributed by atoms with E-state index in [-0.39, 0.29) is 12.0 Å². The molecule has 0 spiro atoms. The molecule has 106 valence electrons. The number of amides is 1. The molecule has 2 rings (SSSR count). The molecule has 0 saturated heterocycles. The van der Waals surface area contributed by atoms with Gasteiger partial charge < -0.3 is 14.6 Å². The topological polar surface area (TPSA) is 64.4 Å². The van der Waals surface area contributed by atoms with E-state index in [1.165, 1.54) is 0 Å². The molecule has 0 saturated carbocycles. The van der Waals surface area contributed by atoms with Crippen LogP contribution in [-0.4, -0.2) is 17.2 Å². The number of hydrogen-bond donors (Lipinski definition) is 1. The molecule has 0 unspecified atom stereocenters.